The minimum atomic E-state index is 0.0631. The molecule has 3 rings (SSSR count). The summed E-state index contributed by atoms with van der Waals surface area (Å²) in [6.07, 6.45) is 2.83. The van der Waals surface area contributed by atoms with E-state index in [0.717, 1.165) is 46.6 Å². The molecule has 1 unspecified atom stereocenters. The van der Waals surface area contributed by atoms with Crippen LogP contribution in [0.2, 0.25) is 0 Å². The molecule has 1 amide bonds. The molecule has 1 fully saturated rings. The first-order valence-electron chi connectivity index (χ1n) is 8.58. The summed E-state index contributed by atoms with van der Waals surface area (Å²) < 4.78 is 0. The van der Waals surface area contributed by atoms with Crippen molar-refractivity contribution in [2.75, 3.05) is 13.1 Å². The number of hydrogen-bond acceptors (Lipinski definition) is 4. The Bertz CT molecular complexity index is 687. The molecule has 1 saturated heterocycles. The van der Waals surface area contributed by atoms with E-state index in [1.54, 1.807) is 11.3 Å². The Morgan fingerprint density at radius 2 is 2.04 bits per heavy atom. The lowest BCUT2D eigenvalue weighted by atomic mass is 9.97. The summed E-state index contributed by atoms with van der Waals surface area (Å²) in [5.41, 5.74) is 3.45. The van der Waals surface area contributed by atoms with Gasteiger partial charge in [0.2, 0.25) is 5.91 Å². The molecule has 2 heterocycles. The topological polar surface area (TPSA) is 54.0 Å². The molecule has 24 heavy (non-hydrogen) atoms. The number of amides is 1. The highest BCUT2D eigenvalue weighted by Gasteiger charge is 2.14. The predicted octanol–water partition coefficient (Wildman–Crippen LogP) is 2.77. The van der Waals surface area contributed by atoms with Crippen molar-refractivity contribution in [3.05, 3.63) is 51.0 Å². The zero-order valence-corrected chi connectivity index (χ0v) is 15.2. The summed E-state index contributed by atoms with van der Waals surface area (Å²) in [4.78, 5) is 17.7. The van der Waals surface area contributed by atoms with E-state index < -0.39 is 0 Å². The van der Waals surface area contributed by atoms with Crippen molar-refractivity contribution < 1.29 is 4.79 Å². The maximum Gasteiger partial charge on any atom is 0.224 e. The third kappa shape index (κ3) is 4.65. The van der Waals surface area contributed by atoms with Gasteiger partial charge in [-0.3, -0.25) is 4.79 Å². The maximum absolute atomic E-state index is 12.1. The molecule has 128 valence electrons. The Kier molecular flexibility index (Phi) is 5.63. The average molecular weight is 343 g/mol. The van der Waals surface area contributed by atoms with Crippen LogP contribution < -0.4 is 10.6 Å². The van der Waals surface area contributed by atoms with Crippen LogP contribution in [0.5, 0.6) is 0 Å². The summed E-state index contributed by atoms with van der Waals surface area (Å²) in [7, 11) is 0. The van der Waals surface area contributed by atoms with Crippen molar-refractivity contribution >= 4 is 17.2 Å². The van der Waals surface area contributed by atoms with Crippen LogP contribution in [0.25, 0.3) is 0 Å². The van der Waals surface area contributed by atoms with Crippen LogP contribution >= 0.6 is 11.3 Å². The molecular weight excluding hydrogens is 318 g/mol. The van der Waals surface area contributed by atoms with Crippen molar-refractivity contribution in [3.63, 3.8) is 0 Å². The summed E-state index contributed by atoms with van der Waals surface area (Å²) >= 11 is 1.65. The van der Waals surface area contributed by atoms with Crippen LogP contribution in [-0.4, -0.2) is 24.0 Å². The molecule has 1 atom stereocenters. The molecule has 2 aromatic rings. The van der Waals surface area contributed by atoms with Crippen molar-refractivity contribution in [1.82, 2.24) is 15.6 Å². The highest BCUT2D eigenvalue weighted by molar-refractivity contribution is 7.11. The van der Waals surface area contributed by atoms with E-state index in [2.05, 4.69) is 39.9 Å². The molecule has 5 heteroatoms. The smallest absolute Gasteiger partial charge is 0.224 e. The SMILES string of the molecule is Cc1nc(C)c(CNC(=O)Cc2ccc(CC3CCNC3)cc2)s1. The quantitative estimate of drug-likeness (QED) is 0.848. The molecular formula is C19H25N3OS. The van der Waals surface area contributed by atoms with E-state index in [1.807, 2.05) is 13.8 Å². The second kappa shape index (κ2) is 7.90. The van der Waals surface area contributed by atoms with Crippen LogP contribution in [0.3, 0.4) is 0 Å². The molecule has 0 spiro atoms. The lowest BCUT2D eigenvalue weighted by molar-refractivity contribution is -0.120. The average Bonchev–Trinajstić information content (AvgIpc) is 3.17. The van der Waals surface area contributed by atoms with Crippen molar-refractivity contribution in [2.45, 2.75) is 39.7 Å². The monoisotopic (exact) mass is 343 g/mol. The molecule has 0 radical (unpaired) electrons. The van der Waals surface area contributed by atoms with Gasteiger partial charge in [0.05, 0.1) is 23.7 Å². The van der Waals surface area contributed by atoms with Gasteiger partial charge in [0, 0.05) is 4.88 Å². The summed E-state index contributed by atoms with van der Waals surface area (Å²) in [5.74, 6) is 0.818. The van der Waals surface area contributed by atoms with E-state index in [1.165, 1.54) is 12.0 Å². The zero-order chi connectivity index (χ0) is 16.9. The van der Waals surface area contributed by atoms with Gasteiger partial charge in [-0.25, -0.2) is 4.98 Å². The van der Waals surface area contributed by atoms with Crippen LogP contribution in [0.15, 0.2) is 24.3 Å². The fraction of sp³-hybridized carbons (Fsp3) is 0.474. The first-order chi connectivity index (χ1) is 11.6. The highest BCUT2D eigenvalue weighted by atomic mass is 32.1. The Morgan fingerprint density at radius 3 is 2.67 bits per heavy atom. The molecule has 1 aliphatic heterocycles. The van der Waals surface area contributed by atoms with Crippen molar-refractivity contribution in [1.29, 1.82) is 0 Å². The predicted molar refractivity (Wildman–Crippen MR) is 98.3 cm³/mol. The van der Waals surface area contributed by atoms with E-state index in [9.17, 15) is 4.79 Å². The van der Waals surface area contributed by atoms with Crippen LogP contribution in [0, 0.1) is 19.8 Å². The number of hydrogen-bond donors (Lipinski definition) is 2. The number of carbonyl (C=O) groups excluding carboxylic acids is 1. The molecule has 0 aliphatic carbocycles. The minimum Gasteiger partial charge on any atom is -0.351 e. The van der Waals surface area contributed by atoms with Gasteiger partial charge in [0.1, 0.15) is 0 Å². The normalized spacial score (nSPS) is 17.2. The first kappa shape index (κ1) is 17.1. The first-order valence-corrected chi connectivity index (χ1v) is 9.40. The van der Waals surface area contributed by atoms with E-state index >= 15 is 0 Å². The molecule has 1 aromatic carbocycles. The van der Waals surface area contributed by atoms with Gasteiger partial charge < -0.3 is 10.6 Å². The van der Waals surface area contributed by atoms with Gasteiger partial charge in [0.15, 0.2) is 0 Å². The number of carbonyl (C=O) groups is 1. The largest absolute Gasteiger partial charge is 0.351 e. The Morgan fingerprint density at radius 1 is 1.29 bits per heavy atom. The number of aromatic nitrogens is 1. The number of aryl methyl sites for hydroxylation is 2. The Hall–Kier alpha value is -1.72. The van der Waals surface area contributed by atoms with Gasteiger partial charge in [-0.1, -0.05) is 24.3 Å². The third-order valence-electron chi connectivity index (χ3n) is 4.52. The summed E-state index contributed by atoms with van der Waals surface area (Å²) in [5, 5.41) is 7.45. The van der Waals surface area contributed by atoms with Crippen LogP contribution in [0.1, 0.15) is 33.1 Å². The number of nitrogens with one attached hydrogen (secondary N) is 2. The fourth-order valence-corrected chi connectivity index (χ4v) is 4.06. The van der Waals surface area contributed by atoms with Crippen LogP contribution in [-0.2, 0) is 24.2 Å². The number of thiazole rings is 1. The van der Waals surface area contributed by atoms with Gasteiger partial charge in [-0.15, -0.1) is 11.3 Å². The summed E-state index contributed by atoms with van der Waals surface area (Å²) in [6, 6.07) is 8.49. The van der Waals surface area contributed by atoms with Gasteiger partial charge >= 0.3 is 0 Å². The van der Waals surface area contributed by atoms with E-state index in [-0.39, 0.29) is 5.91 Å². The molecule has 1 aliphatic rings. The third-order valence-corrected chi connectivity index (χ3v) is 5.59. The fourth-order valence-electron chi connectivity index (χ4n) is 3.18. The molecule has 1 aromatic heterocycles. The molecule has 0 bridgehead atoms. The standard InChI is InChI=1S/C19H25N3OS/c1-13-18(24-14(2)22-13)12-21-19(23)10-16-5-3-15(4-6-16)9-17-7-8-20-11-17/h3-6,17,20H,7-12H2,1-2H3,(H,21,23). The minimum absolute atomic E-state index is 0.0631. The summed E-state index contributed by atoms with van der Waals surface area (Å²) in [6.45, 7) is 6.82. The van der Waals surface area contributed by atoms with E-state index in [0.29, 0.717) is 13.0 Å². The van der Waals surface area contributed by atoms with E-state index in [4.69, 9.17) is 0 Å². The Labute approximate surface area is 147 Å². The zero-order valence-electron chi connectivity index (χ0n) is 14.4. The maximum atomic E-state index is 12.1. The number of rotatable bonds is 6. The molecule has 0 saturated carbocycles. The second-order valence-corrected chi connectivity index (χ2v) is 7.86. The lowest BCUT2D eigenvalue weighted by Crippen LogP contribution is -2.24. The van der Waals surface area contributed by atoms with Gasteiger partial charge in [-0.05, 0) is 56.8 Å². The Balaban J connectivity index is 1.48. The second-order valence-electron chi connectivity index (χ2n) is 6.57. The number of benzene rings is 1. The lowest BCUT2D eigenvalue weighted by Gasteiger charge is -2.09. The van der Waals surface area contributed by atoms with Crippen LogP contribution in [0.4, 0.5) is 0 Å². The van der Waals surface area contributed by atoms with Crippen molar-refractivity contribution in [2.24, 2.45) is 5.92 Å². The van der Waals surface area contributed by atoms with Gasteiger partial charge in [0.25, 0.3) is 0 Å². The molecule has 4 nitrogen and oxygen atoms in total. The van der Waals surface area contributed by atoms with Crippen molar-refractivity contribution in [3.8, 4) is 0 Å². The number of nitrogens with zero attached hydrogens (tertiary/aromatic N) is 1. The van der Waals surface area contributed by atoms with Gasteiger partial charge in [-0.2, -0.15) is 0 Å². The highest BCUT2D eigenvalue weighted by Crippen LogP contribution is 2.17. The molecule has 2 N–H and O–H groups in total.